The van der Waals surface area contributed by atoms with Crippen molar-refractivity contribution in [3.05, 3.63) is 58.8 Å². The lowest BCUT2D eigenvalue weighted by Gasteiger charge is -2.39. The van der Waals surface area contributed by atoms with Gasteiger partial charge in [0.2, 0.25) is 0 Å². The van der Waals surface area contributed by atoms with Crippen molar-refractivity contribution >= 4 is 33.7 Å². The minimum absolute atomic E-state index is 0.0332. The van der Waals surface area contributed by atoms with E-state index in [-0.39, 0.29) is 17.8 Å². The number of benzene rings is 1. The van der Waals surface area contributed by atoms with Crippen LogP contribution in [0.3, 0.4) is 0 Å². The summed E-state index contributed by atoms with van der Waals surface area (Å²) in [5, 5.41) is 5.38. The highest BCUT2D eigenvalue weighted by molar-refractivity contribution is 5.99. The number of aromatic nitrogens is 4. The quantitative estimate of drug-likeness (QED) is 0.412. The van der Waals surface area contributed by atoms with Crippen LogP contribution in [0.1, 0.15) is 19.4 Å². The molecule has 0 bridgehead atoms. The minimum atomic E-state index is 0.0332. The van der Waals surface area contributed by atoms with Gasteiger partial charge in [0.05, 0.1) is 52.9 Å². The maximum absolute atomic E-state index is 13.0. The summed E-state index contributed by atoms with van der Waals surface area (Å²) in [4.78, 5) is 24.8. The van der Waals surface area contributed by atoms with Crippen molar-refractivity contribution in [1.29, 1.82) is 0 Å². The Morgan fingerprint density at radius 2 is 1.68 bits per heavy atom. The van der Waals surface area contributed by atoms with Crippen molar-refractivity contribution in [2.75, 3.05) is 47.9 Å². The molecule has 0 amide bonds. The summed E-state index contributed by atoms with van der Waals surface area (Å²) in [5.41, 5.74) is 7.97. The first-order valence-corrected chi connectivity index (χ1v) is 13.2. The molecule has 0 aliphatic carbocycles. The van der Waals surface area contributed by atoms with E-state index in [1.807, 2.05) is 45.7 Å². The maximum atomic E-state index is 13.0. The van der Waals surface area contributed by atoms with E-state index in [1.54, 1.807) is 9.25 Å². The van der Waals surface area contributed by atoms with Crippen LogP contribution in [0.25, 0.3) is 22.2 Å². The van der Waals surface area contributed by atoms with Crippen LogP contribution in [0.4, 0.5) is 22.7 Å². The Balaban J connectivity index is 1.53. The van der Waals surface area contributed by atoms with Crippen LogP contribution in [-0.2, 0) is 18.8 Å². The third-order valence-corrected chi connectivity index (χ3v) is 7.78. The smallest absolute Gasteiger partial charge is 0.253 e. The van der Waals surface area contributed by atoms with Crippen molar-refractivity contribution in [2.24, 2.45) is 14.1 Å². The van der Waals surface area contributed by atoms with Gasteiger partial charge in [-0.3, -0.25) is 14.5 Å². The highest BCUT2D eigenvalue weighted by atomic mass is 16.5. The summed E-state index contributed by atoms with van der Waals surface area (Å²) in [5.74, 6) is 0. The standard InChI is InChI=1S/C29H35N7O2/c1-18-9-23-25(34(6)29(18)37)10-22(35-15-19(2)38-20(3)16-35)11-26(23)36-8-7-32(4)27-12-24(30-14-28(27)36)21-13-31-33(5)17-21/h9-14,17,19-20H,7-8,15-16H2,1-6H3. The zero-order valence-electron chi connectivity index (χ0n) is 23.0. The van der Waals surface area contributed by atoms with Gasteiger partial charge >= 0.3 is 0 Å². The van der Waals surface area contributed by atoms with Crippen LogP contribution >= 0.6 is 0 Å². The molecule has 0 radical (unpaired) electrons. The first-order valence-electron chi connectivity index (χ1n) is 13.2. The van der Waals surface area contributed by atoms with E-state index in [2.05, 4.69) is 58.9 Å². The second kappa shape index (κ2) is 9.16. The third-order valence-electron chi connectivity index (χ3n) is 7.78. The molecular weight excluding hydrogens is 478 g/mol. The molecule has 2 unspecified atom stereocenters. The summed E-state index contributed by atoms with van der Waals surface area (Å²) in [6, 6.07) is 8.62. The fraction of sp³-hybridized carbons (Fsp3) is 0.414. The predicted molar refractivity (Wildman–Crippen MR) is 153 cm³/mol. The molecule has 38 heavy (non-hydrogen) atoms. The Morgan fingerprint density at radius 3 is 2.39 bits per heavy atom. The van der Waals surface area contributed by atoms with Crippen LogP contribution in [-0.4, -0.2) is 64.8 Å². The molecule has 3 aromatic heterocycles. The number of ether oxygens (including phenoxy) is 1. The SMILES string of the molecule is Cc1cc2c(N3CCN(C)c4cc(-c5cnn(C)c5)ncc43)cc(N3CC(C)OC(C)C3)cc2n(C)c1=O. The molecule has 0 spiro atoms. The van der Waals surface area contributed by atoms with Gasteiger partial charge in [-0.2, -0.15) is 5.10 Å². The van der Waals surface area contributed by atoms with E-state index in [1.165, 1.54) is 0 Å². The topological polar surface area (TPSA) is 71.7 Å². The number of morpholine rings is 1. The maximum Gasteiger partial charge on any atom is 0.253 e. The van der Waals surface area contributed by atoms with Gasteiger partial charge in [-0.15, -0.1) is 0 Å². The van der Waals surface area contributed by atoms with Crippen LogP contribution in [0, 0.1) is 6.92 Å². The Labute approximate surface area is 222 Å². The van der Waals surface area contributed by atoms with Crippen molar-refractivity contribution in [2.45, 2.75) is 33.0 Å². The molecule has 6 rings (SSSR count). The van der Waals surface area contributed by atoms with Crippen molar-refractivity contribution in [3.63, 3.8) is 0 Å². The Bertz CT molecular complexity index is 1580. The molecule has 4 aromatic rings. The van der Waals surface area contributed by atoms with Crippen molar-refractivity contribution < 1.29 is 4.74 Å². The van der Waals surface area contributed by atoms with E-state index >= 15 is 0 Å². The highest BCUT2D eigenvalue weighted by Gasteiger charge is 2.28. The van der Waals surface area contributed by atoms with Gasteiger partial charge in [-0.25, -0.2) is 0 Å². The van der Waals surface area contributed by atoms with Crippen LogP contribution in [0.5, 0.6) is 0 Å². The van der Waals surface area contributed by atoms with E-state index < -0.39 is 0 Å². The number of anilines is 4. The predicted octanol–water partition coefficient (Wildman–Crippen LogP) is 3.84. The van der Waals surface area contributed by atoms with Gasteiger partial charge in [0.1, 0.15) is 0 Å². The second-order valence-corrected chi connectivity index (χ2v) is 10.8. The summed E-state index contributed by atoms with van der Waals surface area (Å²) in [6.07, 6.45) is 6.08. The molecule has 0 N–H and O–H groups in total. The molecule has 2 aliphatic heterocycles. The summed E-state index contributed by atoms with van der Waals surface area (Å²) < 4.78 is 9.59. The van der Waals surface area contributed by atoms with E-state index in [0.717, 1.165) is 76.7 Å². The van der Waals surface area contributed by atoms with Gasteiger partial charge in [-0.05, 0) is 45.0 Å². The molecule has 0 saturated carbocycles. The largest absolute Gasteiger partial charge is 0.372 e. The Kier molecular flexibility index (Phi) is 5.90. The lowest BCUT2D eigenvalue weighted by molar-refractivity contribution is -0.00521. The molecule has 9 heteroatoms. The lowest BCUT2D eigenvalue weighted by Crippen LogP contribution is -2.45. The van der Waals surface area contributed by atoms with Gasteiger partial charge in [0.15, 0.2) is 0 Å². The number of fused-ring (bicyclic) bond motifs is 2. The van der Waals surface area contributed by atoms with Gasteiger partial charge in [0, 0.05) is 75.7 Å². The van der Waals surface area contributed by atoms with E-state index in [4.69, 9.17) is 9.72 Å². The number of rotatable bonds is 3. The zero-order chi connectivity index (χ0) is 26.7. The van der Waals surface area contributed by atoms with Crippen molar-refractivity contribution in [1.82, 2.24) is 19.3 Å². The number of likely N-dealkylation sites (N-methyl/N-ethyl adjacent to an activating group) is 1. The molecule has 198 valence electrons. The molecule has 2 aliphatic rings. The van der Waals surface area contributed by atoms with E-state index in [9.17, 15) is 4.79 Å². The summed E-state index contributed by atoms with van der Waals surface area (Å²) in [6.45, 7) is 9.43. The van der Waals surface area contributed by atoms with Crippen LogP contribution in [0.2, 0.25) is 0 Å². The van der Waals surface area contributed by atoms with E-state index in [0.29, 0.717) is 0 Å². The number of aryl methyl sites for hydroxylation is 3. The van der Waals surface area contributed by atoms with Gasteiger partial charge in [0.25, 0.3) is 5.56 Å². The lowest BCUT2D eigenvalue weighted by atomic mass is 10.0. The number of hydrogen-bond acceptors (Lipinski definition) is 7. The van der Waals surface area contributed by atoms with Crippen molar-refractivity contribution in [3.8, 4) is 11.3 Å². The zero-order valence-corrected chi connectivity index (χ0v) is 23.0. The van der Waals surface area contributed by atoms with Gasteiger partial charge < -0.3 is 24.0 Å². The number of pyridine rings is 2. The molecule has 2 atom stereocenters. The number of hydrogen-bond donors (Lipinski definition) is 0. The Morgan fingerprint density at radius 1 is 0.921 bits per heavy atom. The first kappa shape index (κ1) is 24.5. The number of nitrogens with zero attached hydrogens (tertiary/aromatic N) is 7. The minimum Gasteiger partial charge on any atom is -0.372 e. The van der Waals surface area contributed by atoms with Crippen LogP contribution < -0.4 is 20.3 Å². The summed E-state index contributed by atoms with van der Waals surface area (Å²) >= 11 is 0. The Hall–Kier alpha value is -3.85. The average Bonchev–Trinajstić information content (AvgIpc) is 3.33. The highest BCUT2D eigenvalue weighted by Crippen LogP contribution is 2.42. The fourth-order valence-electron chi connectivity index (χ4n) is 5.88. The average molecular weight is 514 g/mol. The molecule has 9 nitrogen and oxygen atoms in total. The molecule has 1 saturated heterocycles. The fourth-order valence-corrected chi connectivity index (χ4v) is 5.88. The molecular formula is C29H35N7O2. The second-order valence-electron chi connectivity index (χ2n) is 10.8. The monoisotopic (exact) mass is 513 g/mol. The third kappa shape index (κ3) is 4.11. The first-order chi connectivity index (χ1) is 18.2. The molecule has 5 heterocycles. The van der Waals surface area contributed by atoms with Crippen LogP contribution in [0.15, 0.2) is 47.7 Å². The molecule has 1 fully saturated rings. The normalized spacial score (nSPS) is 19.8. The molecule has 1 aromatic carbocycles. The van der Waals surface area contributed by atoms with Gasteiger partial charge in [-0.1, -0.05) is 0 Å². The summed E-state index contributed by atoms with van der Waals surface area (Å²) in [7, 11) is 5.91.